The van der Waals surface area contributed by atoms with Crippen molar-refractivity contribution < 1.29 is 5.11 Å². The van der Waals surface area contributed by atoms with E-state index in [-0.39, 0.29) is 22.7 Å². The number of aromatic amines is 1. The third kappa shape index (κ3) is 5.63. The van der Waals surface area contributed by atoms with Crippen LogP contribution in [0.15, 0.2) is 44.9 Å². The summed E-state index contributed by atoms with van der Waals surface area (Å²) in [6.07, 6.45) is 1.33. The fraction of sp³-hybridized carbons (Fsp3) is 0.389. The molecule has 6 nitrogen and oxygen atoms in total. The Labute approximate surface area is 150 Å². The van der Waals surface area contributed by atoms with Gasteiger partial charge in [0.15, 0.2) is 0 Å². The van der Waals surface area contributed by atoms with Gasteiger partial charge in [-0.25, -0.2) is 4.79 Å². The summed E-state index contributed by atoms with van der Waals surface area (Å²) in [6.45, 7) is 7.06. The zero-order valence-corrected chi connectivity index (χ0v) is 15.5. The molecule has 0 saturated heterocycles. The summed E-state index contributed by atoms with van der Waals surface area (Å²) in [5.74, 6) is 0.437. The van der Waals surface area contributed by atoms with Crippen LogP contribution in [0.5, 0.6) is 5.88 Å². The fourth-order valence-electron chi connectivity index (χ4n) is 2.16. The molecule has 0 radical (unpaired) electrons. The summed E-state index contributed by atoms with van der Waals surface area (Å²) < 4.78 is 1.28. The van der Waals surface area contributed by atoms with E-state index in [1.54, 1.807) is 11.8 Å². The highest BCUT2D eigenvalue weighted by atomic mass is 32.2. The maximum Gasteiger partial charge on any atom is 0.331 e. The second-order valence-electron chi connectivity index (χ2n) is 6.56. The Morgan fingerprint density at radius 1 is 1.24 bits per heavy atom. The van der Waals surface area contributed by atoms with E-state index in [0.717, 1.165) is 15.9 Å². The van der Waals surface area contributed by atoms with Crippen LogP contribution in [-0.2, 0) is 6.54 Å². The van der Waals surface area contributed by atoms with Crippen molar-refractivity contribution in [2.75, 3.05) is 12.3 Å². The monoisotopic (exact) mass is 361 g/mol. The lowest BCUT2D eigenvalue weighted by Gasteiger charge is -2.16. The summed E-state index contributed by atoms with van der Waals surface area (Å²) in [6, 6.07) is 9.24. The van der Waals surface area contributed by atoms with E-state index in [1.165, 1.54) is 6.21 Å². The van der Waals surface area contributed by atoms with Gasteiger partial charge in [-0.3, -0.25) is 19.3 Å². The van der Waals surface area contributed by atoms with Gasteiger partial charge < -0.3 is 5.11 Å². The average molecular weight is 361 g/mol. The number of H-pyrrole nitrogens is 1. The van der Waals surface area contributed by atoms with Crippen LogP contribution in [0.25, 0.3) is 0 Å². The molecule has 1 heterocycles. The minimum Gasteiger partial charge on any atom is -0.494 e. The lowest BCUT2D eigenvalue weighted by molar-refractivity contribution is 0.408. The highest BCUT2D eigenvalue weighted by Crippen LogP contribution is 2.22. The van der Waals surface area contributed by atoms with Crippen molar-refractivity contribution in [1.29, 1.82) is 0 Å². The molecule has 2 N–H and O–H groups in total. The van der Waals surface area contributed by atoms with E-state index in [9.17, 15) is 14.7 Å². The number of benzene rings is 1. The molecule has 2 aromatic rings. The van der Waals surface area contributed by atoms with E-state index in [1.807, 2.05) is 30.3 Å². The Kier molecular flexibility index (Phi) is 6.25. The topological polar surface area (TPSA) is 87.4 Å². The number of rotatable bonds is 6. The van der Waals surface area contributed by atoms with Gasteiger partial charge in [0.2, 0.25) is 5.88 Å². The third-order valence-electron chi connectivity index (χ3n) is 3.37. The second kappa shape index (κ2) is 8.20. The number of nitrogens with zero attached hydrogens (tertiary/aromatic N) is 2. The molecule has 0 aliphatic carbocycles. The van der Waals surface area contributed by atoms with Crippen molar-refractivity contribution in [2.24, 2.45) is 4.99 Å². The molecule has 0 aliphatic rings. The van der Waals surface area contributed by atoms with Crippen molar-refractivity contribution in [3.8, 4) is 5.88 Å². The summed E-state index contributed by atoms with van der Waals surface area (Å²) in [4.78, 5) is 30.4. The number of aromatic hydroxyl groups is 1. The third-order valence-corrected chi connectivity index (χ3v) is 4.62. The maximum atomic E-state index is 12.0. The molecule has 0 atom stereocenters. The number of thioether (sulfide) groups is 1. The van der Waals surface area contributed by atoms with E-state index in [4.69, 9.17) is 0 Å². The summed E-state index contributed by atoms with van der Waals surface area (Å²) in [7, 11) is 0. The molecule has 1 aromatic heterocycles. The second-order valence-corrected chi connectivity index (χ2v) is 8.49. The smallest absolute Gasteiger partial charge is 0.331 e. The van der Waals surface area contributed by atoms with E-state index >= 15 is 0 Å². The van der Waals surface area contributed by atoms with Crippen LogP contribution in [0, 0.1) is 0 Å². The molecule has 0 fully saturated rings. The molecule has 0 spiro atoms. The molecule has 0 bridgehead atoms. The van der Waals surface area contributed by atoms with Gasteiger partial charge in [0.25, 0.3) is 5.56 Å². The number of nitrogens with one attached hydrogen (secondary N) is 1. The highest BCUT2D eigenvalue weighted by Gasteiger charge is 2.13. The quantitative estimate of drug-likeness (QED) is 0.610. The Morgan fingerprint density at radius 2 is 1.92 bits per heavy atom. The molecular formula is C18H23N3O3S. The Morgan fingerprint density at radius 3 is 2.56 bits per heavy atom. The summed E-state index contributed by atoms with van der Waals surface area (Å²) in [5.41, 5.74) is -0.446. The van der Waals surface area contributed by atoms with Crippen molar-refractivity contribution in [1.82, 2.24) is 9.55 Å². The first-order chi connectivity index (χ1) is 11.8. The SMILES string of the molecule is CC(C)(C)SCCN=Cc1c(O)n(Cc2ccccc2)c(=O)[nH]c1=O. The zero-order valence-electron chi connectivity index (χ0n) is 14.7. The molecule has 0 amide bonds. The van der Waals surface area contributed by atoms with Gasteiger partial charge in [-0.1, -0.05) is 51.1 Å². The van der Waals surface area contributed by atoms with Gasteiger partial charge in [-0.05, 0) is 5.56 Å². The number of hydrogen-bond donors (Lipinski definition) is 2. The van der Waals surface area contributed by atoms with Crippen LogP contribution in [0.4, 0.5) is 0 Å². The van der Waals surface area contributed by atoms with Gasteiger partial charge in [-0.2, -0.15) is 11.8 Å². The Hall–Kier alpha value is -2.28. The molecule has 2 rings (SSSR count). The van der Waals surface area contributed by atoms with Crippen molar-refractivity contribution >= 4 is 18.0 Å². The molecule has 0 aliphatic heterocycles. The summed E-state index contributed by atoms with van der Waals surface area (Å²) in [5, 5.41) is 10.3. The lowest BCUT2D eigenvalue weighted by atomic mass is 10.2. The first kappa shape index (κ1) is 19.1. The van der Waals surface area contributed by atoms with Crippen molar-refractivity contribution in [3.63, 3.8) is 0 Å². The number of aromatic nitrogens is 2. The van der Waals surface area contributed by atoms with Gasteiger partial charge in [0, 0.05) is 23.3 Å². The van der Waals surface area contributed by atoms with Crippen LogP contribution in [0.1, 0.15) is 31.9 Å². The van der Waals surface area contributed by atoms with E-state index in [2.05, 4.69) is 30.7 Å². The standard InChI is InChI=1S/C18H23N3O3S/c1-18(2,3)25-10-9-19-11-14-15(22)20-17(24)21(16(14)23)12-13-7-5-4-6-8-13/h4-8,11,23H,9-10,12H2,1-3H3,(H,20,22,24). The molecule has 1 aromatic carbocycles. The minimum absolute atomic E-state index is 0.00344. The van der Waals surface area contributed by atoms with E-state index < -0.39 is 11.2 Å². The van der Waals surface area contributed by atoms with Crippen LogP contribution >= 0.6 is 11.8 Å². The molecule has 25 heavy (non-hydrogen) atoms. The van der Waals surface area contributed by atoms with Crippen LogP contribution in [0.3, 0.4) is 0 Å². The first-order valence-corrected chi connectivity index (χ1v) is 9.00. The van der Waals surface area contributed by atoms with Crippen LogP contribution in [-0.4, -0.2) is 37.9 Å². The Balaban J connectivity index is 2.20. The molecule has 7 heteroatoms. The first-order valence-electron chi connectivity index (χ1n) is 8.02. The maximum absolute atomic E-state index is 12.0. The molecule has 134 valence electrons. The van der Waals surface area contributed by atoms with Gasteiger partial charge in [0.1, 0.15) is 5.56 Å². The molecule has 0 saturated carbocycles. The van der Waals surface area contributed by atoms with Crippen molar-refractivity contribution in [2.45, 2.75) is 32.1 Å². The lowest BCUT2D eigenvalue weighted by Crippen LogP contribution is -2.32. The average Bonchev–Trinajstić information content (AvgIpc) is 2.54. The predicted molar refractivity (Wildman–Crippen MR) is 103 cm³/mol. The predicted octanol–water partition coefficient (Wildman–Crippen LogP) is 2.24. The van der Waals surface area contributed by atoms with Crippen molar-refractivity contribution in [3.05, 3.63) is 62.3 Å². The minimum atomic E-state index is -0.646. The number of hydrogen-bond acceptors (Lipinski definition) is 5. The van der Waals surface area contributed by atoms with Gasteiger partial charge in [-0.15, -0.1) is 0 Å². The highest BCUT2D eigenvalue weighted by molar-refractivity contribution is 8.00. The van der Waals surface area contributed by atoms with E-state index in [0.29, 0.717) is 6.54 Å². The Bertz CT molecular complexity index is 849. The molecular weight excluding hydrogens is 338 g/mol. The largest absolute Gasteiger partial charge is 0.494 e. The fourth-order valence-corrected chi connectivity index (χ4v) is 2.97. The van der Waals surface area contributed by atoms with Gasteiger partial charge >= 0.3 is 5.69 Å². The molecule has 0 unspecified atom stereocenters. The van der Waals surface area contributed by atoms with Gasteiger partial charge in [0.05, 0.1) is 6.54 Å². The normalized spacial score (nSPS) is 12.0. The summed E-state index contributed by atoms with van der Waals surface area (Å²) >= 11 is 1.77. The number of aliphatic imine (C=N–C) groups is 1. The zero-order chi connectivity index (χ0) is 18.4. The van der Waals surface area contributed by atoms with Crippen LogP contribution < -0.4 is 11.2 Å². The van der Waals surface area contributed by atoms with Crippen LogP contribution in [0.2, 0.25) is 0 Å².